The van der Waals surface area contributed by atoms with Crippen LogP contribution in [0.4, 0.5) is 5.69 Å². The second kappa shape index (κ2) is 4.96. The first kappa shape index (κ1) is 13.2. The van der Waals surface area contributed by atoms with Gasteiger partial charge in [-0.25, -0.2) is 0 Å². The van der Waals surface area contributed by atoms with Gasteiger partial charge in [0.1, 0.15) is 11.4 Å². The number of rotatable bonds is 1. The van der Waals surface area contributed by atoms with Crippen LogP contribution in [0.5, 0.6) is 0 Å². The van der Waals surface area contributed by atoms with Crippen molar-refractivity contribution in [3.05, 3.63) is 29.8 Å². The molecule has 0 saturated carbocycles. The Bertz CT molecular complexity index is 463. The molecule has 0 aromatic heterocycles. The lowest BCUT2D eigenvalue weighted by molar-refractivity contribution is 0.131. The zero-order valence-electron chi connectivity index (χ0n) is 10.6. The number of benzene rings is 1. The topological polar surface area (TPSA) is 84.8 Å². The minimum atomic E-state index is -3.01. The minimum absolute atomic E-state index is 0.127. The van der Waals surface area contributed by atoms with Crippen molar-refractivity contribution < 1.29 is 14.2 Å². The van der Waals surface area contributed by atoms with E-state index in [1.165, 1.54) is 0 Å². The molecule has 5 N–H and O–H groups in total. The molecule has 1 aromatic rings. The van der Waals surface area contributed by atoms with Crippen molar-refractivity contribution >= 4 is 16.5 Å². The summed E-state index contributed by atoms with van der Waals surface area (Å²) in [5.74, 6) is 0.127. The van der Waals surface area contributed by atoms with Crippen LogP contribution in [0, 0.1) is 5.92 Å². The van der Waals surface area contributed by atoms with Gasteiger partial charge in [-0.3, -0.25) is 13.8 Å². The molecular weight excluding hydrogens is 264 g/mol. The van der Waals surface area contributed by atoms with Crippen LogP contribution in [0.25, 0.3) is 0 Å². The molecule has 5 nitrogen and oxygen atoms in total. The fourth-order valence-corrected chi connectivity index (χ4v) is 5.09. The van der Waals surface area contributed by atoms with E-state index in [1.807, 2.05) is 18.2 Å². The zero-order valence-corrected chi connectivity index (χ0v) is 11.4. The molecule has 19 heavy (non-hydrogen) atoms. The van der Waals surface area contributed by atoms with E-state index in [4.69, 9.17) is 0 Å². The molecule has 0 aliphatic carbocycles. The molecule has 6 heteroatoms. The van der Waals surface area contributed by atoms with Gasteiger partial charge in [0.25, 0.3) is 0 Å². The lowest BCUT2D eigenvalue weighted by Crippen LogP contribution is -2.43. The first-order chi connectivity index (χ1) is 9.09. The molecular formula is C13H20N2O3S. The van der Waals surface area contributed by atoms with E-state index in [0.717, 1.165) is 31.5 Å². The Kier molecular flexibility index (Phi) is 3.44. The van der Waals surface area contributed by atoms with Crippen LogP contribution >= 0.6 is 10.8 Å². The van der Waals surface area contributed by atoms with Crippen molar-refractivity contribution in [3.8, 4) is 0 Å². The van der Waals surface area contributed by atoms with E-state index >= 15 is 0 Å². The van der Waals surface area contributed by atoms with Gasteiger partial charge in [-0.1, -0.05) is 18.2 Å². The van der Waals surface area contributed by atoms with E-state index in [2.05, 4.69) is 10.0 Å². The molecule has 2 heterocycles. The standard InChI is InChI=1S/C13H20N2O3S/c16-12-10-3-1-2-4-11(10)15-19(17,18)13(12)9-5-7-14-8-6-9/h1-4,9,12-18H,5-8H2. The summed E-state index contributed by atoms with van der Waals surface area (Å²) < 4.78 is 23.5. The van der Waals surface area contributed by atoms with Crippen molar-refractivity contribution in [3.63, 3.8) is 0 Å². The van der Waals surface area contributed by atoms with Crippen LogP contribution in [0.3, 0.4) is 0 Å². The number of hydrogen-bond donors (Lipinski definition) is 5. The van der Waals surface area contributed by atoms with Crippen molar-refractivity contribution in [2.45, 2.75) is 24.2 Å². The summed E-state index contributed by atoms with van der Waals surface area (Å²) in [5.41, 5.74) is 1.39. The first-order valence-corrected chi connectivity index (χ1v) is 8.23. The van der Waals surface area contributed by atoms with Gasteiger partial charge in [-0.05, 0) is 37.9 Å². The van der Waals surface area contributed by atoms with Crippen molar-refractivity contribution in [1.29, 1.82) is 0 Å². The molecule has 3 rings (SSSR count). The number of piperidine rings is 1. The molecule has 106 valence electrons. The second-order valence-corrected chi connectivity index (χ2v) is 7.21. The van der Waals surface area contributed by atoms with E-state index in [-0.39, 0.29) is 5.92 Å². The Morgan fingerprint density at radius 2 is 1.79 bits per heavy atom. The van der Waals surface area contributed by atoms with Crippen LogP contribution in [-0.4, -0.2) is 32.6 Å². The van der Waals surface area contributed by atoms with E-state index in [0.29, 0.717) is 5.69 Å². The van der Waals surface area contributed by atoms with E-state index < -0.39 is 22.1 Å². The molecule has 2 unspecified atom stereocenters. The van der Waals surface area contributed by atoms with Gasteiger partial charge in [0, 0.05) is 5.56 Å². The van der Waals surface area contributed by atoms with E-state index in [1.54, 1.807) is 6.07 Å². The fourth-order valence-electron chi connectivity index (χ4n) is 3.13. The quantitative estimate of drug-likeness (QED) is 0.546. The van der Waals surface area contributed by atoms with Crippen LogP contribution in [0.1, 0.15) is 24.5 Å². The van der Waals surface area contributed by atoms with Crippen LogP contribution in [0.15, 0.2) is 24.3 Å². The third kappa shape index (κ3) is 2.34. The van der Waals surface area contributed by atoms with Crippen LogP contribution in [-0.2, 0) is 0 Å². The summed E-state index contributed by atoms with van der Waals surface area (Å²) >= 11 is 0. The highest BCUT2D eigenvalue weighted by atomic mass is 32.3. The smallest absolute Gasteiger partial charge is 0.103 e. The normalized spacial score (nSPS) is 32.2. The van der Waals surface area contributed by atoms with Crippen LogP contribution < -0.4 is 10.0 Å². The average Bonchev–Trinajstić information content (AvgIpc) is 2.39. The van der Waals surface area contributed by atoms with Gasteiger partial charge in [0.05, 0.1) is 5.69 Å². The maximum Gasteiger partial charge on any atom is 0.103 e. The third-order valence-corrected chi connectivity index (χ3v) is 6.00. The number of para-hydroxylation sites is 1. The average molecular weight is 284 g/mol. The molecule has 0 spiro atoms. The number of nitrogens with one attached hydrogen (secondary N) is 2. The third-order valence-electron chi connectivity index (χ3n) is 4.08. The summed E-state index contributed by atoms with van der Waals surface area (Å²) in [5, 5.41) is 13.3. The number of fused-ring (bicyclic) bond motifs is 1. The predicted octanol–water partition coefficient (Wildman–Crippen LogP) is 2.18. The summed E-state index contributed by atoms with van der Waals surface area (Å²) in [7, 11) is -3.01. The monoisotopic (exact) mass is 284 g/mol. The zero-order chi connectivity index (χ0) is 13.5. The lowest BCUT2D eigenvalue weighted by Gasteiger charge is -2.51. The molecule has 2 aliphatic heterocycles. The molecule has 0 bridgehead atoms. The van der Waals surface area contributed by atoms with Crippen molar-refractivity contribution in [2.75, 3.05) is 17.8 Å². The lowest BCUT2D eigenvalue weighted by atomic mass is 9.88. The molecule has 2 atom stereocenters. The molecule has 1 fully saturated rings. The highest BCUT2D eigenvalue weighted by molar-refractivity contribution is 8.26. The van der Waals surface area contributed by atoms with Gasteiger partial charge in [-0.15, -0.1) is 10.8 Å². The van der Waals surface area contributed by atoms with Crippen LogP contribution in [0.2, 0.25) is 0 Å². The largest absolute Gasteiger partial charge is 0.386 e. The maximum atomic E-state index is 10.5. The molecule has 0 amide bonds. The van der Waals surface area contributed by atoms with Gasteiger partial charge < -0.3 is 10.4 Å². The molecule has 1 saturated heterocycles. The SMILES string of the molecule is OC1c2ccccc2NS(O)(O)C1C1CCNCC1. The molecule has 0 radical (unpaired) electrons. The second-order valence-electron chi connectivity index (χ2n) is 5.28. The molecule has 1 aromatic carbocycles. The maximum absolute atomic E-state index is 10.5. The number of aliphatic hydroxyl groups excluding tert-OH is 1. The van der Waals surface area contributed by atoms with Gasteiger partial charge in [0.15, 0.2) is 0 Å². The summed E-state index contributed by atoms with van der Waals surface area (Å²) in [6.07, 6.45) is 0.911. The highest BCUT2D eigenvalue weighted by Crippen LogP contribution is 2.58. The minimum Gasteiger partial charge on any atom is -0.386 e. The van der Waals surface area contributed by atoms with Crippen molar-refractivity contribution in [2.24, 2.45) is 5.92 Å². The number of aliphatic hydroxyl groups is 1. The Hall–Kier alpha value is -0.790. The predicted molar refractivity (Wildman–Crippen MR) is 77.3 cm³/mol. The Morgan fingerprint density at radius 3 is 2.53 bits per heavy atom. The number of hydrogen-bond acceptors (Lipinski definition) is 5. The van der Waals surface area contributed by atoms with Gasteiger partial charge in [0.2, 0.25) is 0 Å². The summed E-state index contributed by atoms with van der Waals surface area (Å²) in [4.78, 5) is 0. The van der Waals surface area contributed by atoms with Gasteiger partial charge in [-0.2, -0.15) is 0 Å². The van der Waals surface area contributed by atoms with E-state index in [9.17, 15) is 14.2 Å². The first-order valence-electron chi connectivity index (χ1n) is 6.62. The summed E-state index contributed by atoms with van der Waals surface area (Å²) in [6.45, 7) is 1.73. The number of anilines is 1. The Labute approximate surface area is 114 Å². The Morgan fingerprint density at radius 1 is 1.11 bits per heavy atom. The van der Waals surface area contributed by atoms with Gasteiger partial charge >= 0.3 is 0 Å². The Balaban J connectivity index is 1.95. The highest BCUT2D eigenvalue weighted by Gasteiger charge is 2.44. The fraction of sp³-hybridized carbons (Fsp3) is 0.538. The summed E-state index contributed by atoms with van der Waals surface area (Å²) in [6, 6.07) is 7.29. The molecule has 2 aliphatic rings. The van der Waals surface area contributed by atoms with Crippen molar-refractivity contribution in [1.82, 2.24) is 5.32 Å².